The third-order valence-electron chi connectivity index (χ3n) is 5.41. The minimum atomic E-state index is -1.65. The van der Waals surface area contributed by atoms with E-state index in [2.05, 4.69) is 5.32 Å². The Hall–Kier alpha value is -2.35. The largest absolute Gasteiger partial charge is 0.372 e. The molecular weight excluding hydrogens is 358 g/mol. The van der Waals surface area contributed by atoms with E-state index in [0.717, 1.165) is 12.1 Å². The molecule has 6 nitrogen and oxygen atoms in total. The number of fused-ring (bicyclic) bond motifs is 3. The third-order valence-corrected chi connectivity index (χ3v) is 5.41. The number of anilines is 1. The first-order chi connectivity index (χ1) is 12.6. The quantitative estimate of drug-likeness (QED) is 0.791. The molecule has 0 spiro atoms. The van der Waals surface area contributed by atoms with Crippen molar-refractivity contribution >= 4 is 23.3 Å². The molecule has 1 aromatic rings. The van der Waals surface area contributed by atoms with E-state index in [1.165, 1.54) is 13.8 Å². The second-order valence-corrected chi connectivity index (χ2v) is 7.36. The number of nitrogens with zero attached hydrogens (tertiary/aromatic N) is 1. The van der Waals surface area contributed by atoms with Gasteiger partial charge in [0.05, 0.1) is 18.2 Å². The number of ketones is 1. The molecule has 146 valence electrons. The molecular formula is C19H22F2N2O4. The van der Waals surface area contributed by atoms with Crippen LogP contribution >= 0.6 is 0 Å². The zero-order chi connectivity index (χ0) is 20.1. The van der Waals surface area contributed by atoms with Crippen LogP contribution in [0.25, 0.3) is 0 Å². The fraction of sp³-hybridized carbons (Fsp3) is 0.526. The predicted octanol–water partition coefficient (Wildman–Crippen LogP) is 1.74. The highest BCUT2D eigenvalue weighted by Gasteiger charge is 2.59. The van der Waals surface area contributed by atoms with Crippen LogP contribution in [0, 0.1) is 17.0 Å². The number of hydrogen-bond acceptors (Lipinski definition) is 5. The van der Waals surface area contributed by atoms with Gasteiger partial charge >= 0.3 is 0 Å². The number of carbonyl (C=O) groups excluding carboxylic acids is 3. The maximum atomic E-state index is 13.9. The lowest BCUT2D eigenvalue weighted by molar-refractivity contribution is -0.151. The van der Waals surface area contributed by atoms with E-state index in [1.54, 1.807) is 11.8 Å². The van der Waals surface area contributed by atoms with Crippen molar-refractivity contribution in [2.24, 2.45) is 5.41 Å². The summed E-state index contributed by atoms with van der Waals surface area (Å²) in [5, 5.41) is 2.21. The van der Waals surface area contributed by atoms with E-state index in [1.807, 2.05) is 6.92 Å². The molecule has 2 amide bonds. The van der Waals surface area contributed by atoms with Gasteiger partial charge in [-0.15, -0.1) is 0 Å². The molecule has 2 aliphatic heterocycles. The van der Waals surface area contributed by atoms with Crippen molar-refractivity contribution in [3.05, 3.63) is 29.3 Å². The first kappa shape index (κ1) is 19.4. The fourth-order valence-corrected chi connectivity index (χ4v) is 4.41. The first-order valence-electron chi connectivity index (χ1n) is 8.81. The molecule has 0 radical (unpaired) electrons. The molecule has 0 saturated carbocycles. The number of ether oxygens (including phenoxy) is 1. The molecule has 2 aliphatic rings. The number of nitrogens with one attached hydrogen (secondary N) is 1. The highest BCUT2D eigenvalue weighted by molar-refractivity contribution is 6.11. The van der Waals surface area contributed by atoms with Gasteiger partial charge in [-0.05, 0) is 38.8 Å². The molecule has 1 aromatic carbocycles. The Balaban J connectivity index is 2.24. The Morgan fingerprint density at radius 1 is 1.19 bits per heavy atom. The standard InChI is InChI=1S/C19H22F2N2O4/c1-9-8-23-16-6-15(21)14(20)5-13(16)7-19(11(3)24,17(23)10(2)27-9)18(26)22-12(4)25/h5-6,9-10,17H,7-8H2,1-4H3,(H,22,25,26)/t9-,10+,17-,19+/m1/s1. The van der Waals surface area contributed by atoms with Gasteiger partial charge < -0.3 is 9.64 Å². The summed E-state index contributed by atoms with van der Waals surface area (Å²) in [4.78, 5) is 39.0. The summed E-state index contributed by atoms with van der Waals surface area (Å²) in [6.45, 7) is 6.31. The Labute approximate surface area is 155 Å². The average Bonchev–Trinajstić information content (AvgIpc) is 2.54. The van der Waals surface area contributed by atoms with Crippen LogP contribution in [0.2, 0.25) is 0 Å². The Bertz CT molecular complexity index is 828. The van der Waals surface area contributed by atoms with Gasteiger partial charge in [-0.25, -0.2) is 8.78 Å². The number of morpholine rings is 1. The zero-order valence-electron chi connectivity index (χ0n) is 15.6. The van der Waals surface area contributed by atoms with Gasteiger partial charge in [0.1, 0.15) is 11.2 Å². The summed E-state index contributed by atoms with van der Waals surface area (Å²) in [6, 6.07) is 1.36. The molecule has 1 saturated heterocycles. The number of halogens is 2. The van der Waals surface area contributed by atoms with Crippen LogP contribution in [-0.2, 0) is 25.5 Å². The molecule has 1 fully saturated rings. The van der Waals surface area contributed by atoms with Gasteiger partial charge in [0.25, 0.3) is 0 Å². The molecule has 3 rings (SSSR count). The second-order valence-electron chi connectivity index (χ2n) is 7.36. The fourth-order valence-electron chi connectivity index (χ4n) is 4.41. The van der Waals surface area contributed by atoms with Crippen molar-refractivity contribution in [2.75, 3.05) is 11.4 Å². The number of imide groups is 1. The molecule has 0 aromatic heterocycles. The number of Topliss-reactive ketones (excluding diaryl/α,β-unsaturated/α-hetero) is 1. The molecule has 27 heavy (non-hydrogen) atoms. The number of rotatable bonds is 2. The molecule has 0 aliphatic carbocycles. The number of amides is 2. The summed E-state index contributed by atoms with van der Waals surface area (Å²) in [5.41, 5.74) is -0.864. The van der Waals surface area contributed by atoms with Crippen LogP contribution in [0.1, 0.15) is 33.3 Å². The summed E-state index contributed by atoms with van der Waals surface area (Å²) in [6.07, 6.45) is -0.926. The molecule has 0 bridgehead atoms. The van der Waals surface area contributed by atoms with E-state index < -0.39 is 46.8 Å². The minimum absolute atomic E-state index is 0.142. The Kier molecular flexibility index (Phi) is 4.80. The summed E-state index contributed by atoms with van der Waals surface area (Å²) >= 11 is 0. The number of carbonyl (C=O) groups is 3. The highest BCUT2D eigenvalue weighted by atomic mass is 19.2. The zero-order valence-corrected chi connectivity index (χ0v) is 15.6. The molecule has 2 heterocycles. The van der Waals surface area contributed by atoms with Gasteiger partial charge in [0.2, 0.25) is 11.8 Å². The van der Waals surface area contributed by atoms with Gasteiger partial charge in [0, 0.05) is 25.2 Å². The molecule has 1 N–H and O–H groups in total. The van der Waals surface area contributed by atoms with E-state index in [9.17, 15) is 23.2 Å². The first-order valence-corrected chi connectivity index (χ1v) is 8.81. The van der Waals surface area contributed by atoms with Gasteiger partial charge in [-0.3, -0.25) is 19.7 Å². The van der Waals surface area contributed by atoms with Crippen LogP contribution in [0.4, 0.5) is 14.5 Å². The van der Waals surface area contributed by atoms with Gasteiger partial charge in [0.15, 0.2) is 11.6 Å². The topological polar surface area (TPSA) is 75.7 Å². The van der Waals surface area contributed by atoms with E-state index in [4.69, 9.17) is 4.74 Å². The lowest BCUT2D eigenvalue weighted by Gasteiger charge is -2.54. The minimum Gasteiger partial charge on any atom is -0.372 e. The van der Waals surface area contributed by atoms with Crippen molar-refractivity contribution in [2.45, 2.75) is 52.4 Å². The SMILES string of the molecule is CC(=O)NC(=O)[C@]1(C(C)=O)Cc2cc(F)c(F)cc2N2C[C@@H](C)O[C@@H](C)[C@@H]21. The van der Waals surface area contributed by atoms with Gasteiger partial charge in [-0.2, -0.15) is 0 Å². The highest BCUT2D eigenvalue weighted by Crippen LogP contribution is 2.46. The smallest absolute Gasteiger partial charge is 0.242 e. The van der Waals surface area contributed by atoms with E-state index >= 15 is 0 Å². The lowest BCUT2D eigenvalue weighted by Crippen LogP contribution is -2.70. The molecule has 8 heteroatoms. The van der Waals surface area contributed by atoms with Crippen LogP contribution in [0.5, 0.6) is 0 Å². The Morgan fingerprint density at radius 2 is 1.81 bits per heavy atom. The van der Waals surface area contributed by atoms with Crippen molar-refractivity contribution < 1.29 is 27.9 Å². The van der Waals surface area contributed by atoms with E-state index in [-0.39, 0.29) is 12.5 Å². The number of hydrogen-bond donors (Lipinski definition) is 1. The average molecular weight is 380 g/mol. The Morgan fingerprint density at radius 3 is 2.41 bits per heavy atom. The molecule has 4 atom stereocenters. The summed E-state index contributed by atoms with van der Waals surface area (Å²) in [7, 11) is 0. The number of benzene rings is 1. The van der Waals surface area contributed by atoms with Crippen molar-refractivity contribution in [1.82, 2.24) is 5.32 Å². The molecule has 0 unspecified atom stereocenters. The maximum Gasteiger partial charge on any atom is 0.242 e. The third kappa shape index (κ3) is 3.01. The van der Waals surface area contributed by atoms with Crippen LogP contribution < -0.4 is 10.2 Å². The monoisotopic (exact) mass is 380 g/mol. The van der Waals surface area contributed by atoms with Crippen LogP contribution in [-0.4, -0.2) is 42.4 Å². The van der Waals surface area contributed by atoms with Crippen molar-refractivity contribution in [3.63, 3.8) is 0 Å². The normalized spacial score (nSPS) is 29.6. The lowest BCUT2D eigenvalue weighted by atomic mass is 9.65. The maximum absolute atomic E-state index is 13.9. The second kappa shape index (κ2) is 6.67. The van der Waals surface area contributed by atoms with Crippen LogP contribution in [0.15, 0.2) is 12.1 Å². The summed E-state index contributed by atoms with van der Waals surface area (Å²) < 4.78 is 33.7. The van der Waals surface area contributed by atoms with Crippen molar-refractivity contribution in [3.8, 4) is 0 Å². The van der Waals surface area contributed by atoms with Crippen LogP contribution in [0.3, 0.4) is 0 Å². The summed E-state index contributed by atoms with van der Waals surface area (Å²) in [5.74, 6) is -3.86. The predicted molar refractivity (Wildman–Crippen MR) is 93.1 cm³/mol. The van der Waals surface area contributed by atoms with Crippen molar-refractivity contribution in [1.29, 1.82) is 0 Å². The van der Waals surface area contributed by atoms with Gasteiger partial charge in [-0.1, -0.05) is 0 Å². The van der Waals surface area contributed by atoms with E-state index in [0.29, 0.717) is 17.8 Å².